The molecule has 21 heteroatoms. The molecule has 0 atom stereocenters. The maximum absolute atomic E-state index is 11.5. The van der Waals surface area contributed by atoms with Gasteiger partial charge in [-0.05, 0) is 185 Å². The molecule has 0 bridgehead atoms. The number of esters is 4. The van der Waals surface area contributed by atoms with Gasteiger partial charge < -0.3 is 88.5 Å². The van der Waals surface area contributed by atoms with Crippen LogP contribution in [-0.4, -0.2) is 49.8 Å². The molecule has 1 saturated carbocycles. The van der Waals surface area contributed by atoms with Crippen molar-refractivity contribution in [2.75, 3.05) is 65.7 Å². The molecule has 0 heterocycles. The quantitative estimate of drug-likeness (QED) is 0.00969. The summed E-state index contributed by atoms with van der Waals surface area (Å²) in [5, 5.41) is 0. The van der Waals surface area contributed by atoms with Gasteiger partial charge in [-0.1, -0.05) is 74.8 Å². The largest absolute Gasteiger partial charge is 0.493 e. The lowest BCUT2D eigenvalue weighted by Crippen LogP contribution is -2.25. The number of ether oxygens (including phenoxy) is 9. The van der Waals surface area contributed by atoms with Crippen LogP contribution in [0.3, 0.4) is 0 Å². The molecular formula is C80H86N8O13. The van der Waals surface area contributed by atoms with Crippen molar-refractivity contribution in [1.82, 2.24) is 0 Å². The summed E-state index contributed by atoms with van der Waals surface area (Å²) in [6.07, 6.45) is 4.94. The highest BCUT2D eigenvalue weighted by molar-refractivity contribution is 5.90. The van der Waals surface area contributed by atoms with Gasteiger partial charge in [-0.15, -0.1) is 0 Å². The van der Waals surface area contributed by atoms with Crippen LogP contribution in [0.2, 0.25) is 0 Å². The second kappa shape index (κ2) is 37.1. The zero-order valence-corrected chi connectivity index (χ0v) is 57.0. The van der Waals surface area contributed by atoms with Crippen LogP contribution < -0.4 is 79.0 Å². The number of anilines is 8. The monoisotopic (exact) mass is 1370 g/mol. The zero-order valence-electron chi connectivity index (χ0n) is 57.0. The Balaban J connectivity index is 0.000000191. The van der Waals surface area contributed by atoms with Gasteiger partial charge in [0.2, 0.25) is 0 Å². The van der Waals surface area contributed by atoms with Gasteiger partial charge in [0, 0.05) is 116 Å². The number of carbonyl (C=O) groups is 4. The lowest BCUT2D eigenvalue weighted by Gasteiger charge is -2.28. The molecule has 0 saturated heterocycles. The Hall–Kier alpha value is -12.8. The van der Waals surface area contributed by atoms with Crippen LogP contribution in [0.1, 0.15) is 59.8 Å². The summed E-state index contributed by atoms with van der Waals surface area (Å²) in [7, 11) is 0. The third-order valence-corrected chi connectivity index (χ3v) is 14.7. The second-order valence-electron chi connectivity index (χ2n) is 23.8. The second-order valence-corrected chi connectivity index (χ2v) is 23.8. The van der Waals surface area contributed by atoms with Gasteiger partial charge in [-0.2, -0.15) is 0 Å². The van der Waals surface area contributed by atoms with Crippen LogP contribution in [-0.2, 0) is 28.7 Å². The maximum atomic E-state index is 11.5. The molecule has 1 fully saturated rings. The molecule has 16 N–H and O–H groups in total. The fourth-order valence-corrected chi connectivity index (χ4v) is 9.66. The summed E-state index contributed by atoms with van der Waals surface area (Å²) >= 11 is 0. The van der Waals surface area contributed by atoms with E-state index in [9.17, 15) is 19.2 Å². The molecule has 0 spiro atoms. The number of benzene rings is 9. The van der Waals surface area contributed by atoms with Crippen molar-refractivity contribution in [2.24, 2.45) is 5.92 Å². The lowest BCUT2D eigenvalue weighted by atomic mass is 9.85. The highest BCUT2D eigenvalue weighted by atomic mass is 16.6. The molecule has 10 rings (SSSR count). The Morgan fingerprint density at radius 3 is 0.921 bits per heavy atom. The number of rotatable bonds is 23. The van der Waals surface area contributed by atoms with Gasteiger partial charge in [0.05, 0.1) is 6.61 Å². The minimum absolute atomic E-state index is 0.0325. The first-order valence-corrected chi connectivity index (χ1v) is 32.1. The summed E-state index contributed by atoms with van der Waals surface area (Å²) in [5.74, 6) is 4.98. The number of hydrogen-bond donors (Lipinski definition) is 8. The molecule has 0 aliphatic heterocycles. The molecule has 21 nitrogen and oxygen atoms in total. The topological polar surface area (TPSA) is 360 Å². The minimum Gasteiger partial charge on any atom is -0.493 e. The van der Waals surface area contributed by atoms with E-state index >= 15 is 0 Å². The van der Waals surface area contributed by atoms with Gasteiger partial charge in [0.25, 0.3) is 0 Å². The molecule has 524 valence electrons. The predicted octanol–water partition coefficient (Wildman–Crippen LogP) is 16.0. The molecule has 0 radical (unpaired) electrons. The third kappa shape index (κ3) is 26.0. The van der Waals surface area contributed by atoms with Crippen molar-refractivity contribution in [3.8, 4) is 79.7 Å². The maximum Gasteiger partial charge on any atom is 0.338 e. The third-order valence-electron chi connectivity index (χ3n) is 14.7. The Bertz CT molecular complexity index is 4260. The molecule has 9 aromatic rings. The van der Waals surface area contributed by atoms with Crippen molar-refractivity contribution in [3.05, 3.63) is 243 Å². The smallest absolute Gasteiger partial charge is 0.338 e. The van der Waals surface area contributed by atoms with E-state index in [0.717, 1.165) is 54.4 Å². The lowest BCUT2D eigenvalue weighted by molar-refractivity contribution is -0.146. The molecule has 101 heavy (non-hydrogen) atoms. The van der Waals surface area contributed by atoms with E-state index in [0.29, 0.717) is 138 Å². The van der Waals surface area contributed by atoms with Gasteiger partial charge >= 0.3 is 23.9 Å². The van der Waals surface area contributed by atoms with E-state index in [4.69, 9.17) is 88.5 Å². The summed E-state index contributed by atoms with van der Waals surface area (Å²) in [6, 6.07) is 57.4. The van der Waals surface area contributed by atoms with Gasteiger partial charge in [0.15, 0.2) is 0 Å². The highest BCUT2D eigenvalue weighted by Crippen LogP contribution is 2.34. The average Bonchev–Trinajstić information content (AvgIpc) is 0.863. The van der Waals surface area contributed by atoms with Crippen molar-refractivity contribution in [2.45, 2.75) is 65.9 Å². The van der Waals surface area contributed by atoms with Crippen LogP contribution in [0.25, 0.3) is 22.3 Å². The van der Waals surface area contributed by atoms with Crippen LogP contribution in [0.4, 0.5) is 45.5 Å². The van der Waals surface area contributed by atoms with Gasteiger partial charge in [0.1, 0.15) is 76.8 Å². The first kappa shape index (κ1) is 75.6. The Morgan fingerprint density at radius 2 is 0.594 bits per heavy atom. The first-order valence-electron chi connectivity index (χ1n) is 32.1. The molecule has 0 aromatic heterocycles. The zero-order chi connectivity index (χ0) is 73.1. The molecular weight excluding hydrogens is 1280 g/mol. The van der Waals surface area contributed by atoms with E-state index in [1.165, 1.54) is 0 Å². The van der Waals surface area contributed by atoms with Gasteiger partial charge in [-0.25, -0.2) is 19.2 Å². The van der Waals surface area contributed by atoms with Crippen LogP contribution in [0.5, 0.6) is 57.5 Å². The highest BCUT2D eigenvalue weighted by Gasteiger charge is 2.24. The van der Waals surface area contributed by atoms with Crippen LogP contribution >= 0.6 is 0 Å². The first-order chi connectivity index (χ1) is 48.2. The standard InChI is InChI=1S/C24H24N2O4.C22H20N2O3.C18H26N2O3.C16H16N2O3/c1-16(2)24(27)29-12-11-28-21-7-3-17(4-8-21)18-5-9-22(10-6-18)30-23-14-19(25)13-20(26)15-23;1-14(2)22(25)27-20-9-5-16(6-10-20)15-3-7-19(8-4-15)26-21-12-17(23)11-18(24)13-21;1-12(2)18(21)23-16-5-3-13(4-6-16)7-8-22-17-10-14(19)9-15(20)11-17;1-10(2)16(19)21-14-5-3-13(4-6-14)20-15-8-11(17)7-12(18)9-15/h3-10,13-15H,1,11-12,25-26H2,2H3;3-13H,1,23-24H2,2H3;9-11,13,16H,1,3-8,19-20H2,2H3;3-9H,1,17-18H2,2H3. The Morgan fingerprint density at radius 1 is 0.317 bits per heavy atom. The van der Waals surface area contributed by atoms with Crippen LogP contribution in [0, 0.1) is 5.92 Å². The van der Waals surface area contributed by atoms with E-state index in [1.54, 1.807) is 137 Å². The number of nitrogen functional groups attached to an aromatic ring is 8. The fourth-order valence-electron chi connectivity index (χ4n) is 9.66. The molecule has 0 unspecified atom stereocenters. The molecule has 1 aliphatic carbocycles. The fraction of sp³-hybridized carbons (Fsp3) is 0.175. The van der Waals surface area contributed by atoms with Crippen LogP contribution in [0.15, 0.2) is 243 Å². The van der Waals surface area contributed by atoms with E-state index in [1.807, 2.05) is 84.9 Å². The summed E-state index contributed by atoms with van der Waals surface area (Å²) in [6.45, 7) is 21.8. The Labute approximate surface area is 588 Å². The van der Waals surface area contributed by atoms with Crippen molar-refractivity contribution in [3.63, 3.8) is 0 Å². The number of carbonyl (C=O) groups excluding carboxylic acids is 4. The van der Waals surface area contributed by atoms with Gasteiger partial charge in [-0.3, -0.25) is 0 Å². The minimum atomic E-state index is -0.465. The van der Waals surface area contributed by atoms with Crippen molar-refractivity contribution in [1.29, 1.82) is 0 Å². The average molecular weight is 1370 g/mol. The van der Waals surface area contributed by atoms with E-state index in [2.05, 4.69) is 26.3 Å². The van der Waals surface area contributed by atoms with E-state index in [-0.39, 0.29) is 25.3 Å². The summed E-state index contributed by atoms with van der Waals surface area (Å²) in [5.41, 5.74) is 56.1. The molecule has 0 amide bonds. The number of hydrogen-bond acceptors (Lipinski definition) is 21. The molecule has 9 aromatic carbocycles. The predicted molar refractivity (Wildman–Crippen MR) is 400 cm³/mol. The summed E-state index contributed by atoms with van der Waals surface area (Å²) in [4.78, 5) is 45.8. The SMILES string of the molecule is C=C(C)C(=O)OC1CCC(CCOc2cc(N)cc(N)c2)CC1.C=C(C)C(=O)OCCOc1ccc(-c2ccc(Oc3cc(N)cc(N)c3)cc2)cc1.C=C(C)C(=O)Oc1ccc(-c2ccc(Oc3cc(N)cc(N)c3)cc2)cc1.C=C(C)C(=O)Oc1ccc(Oc2cc(N)cc(N)c2)cc1. The van der Waals surface area contributed by atoms with E-state index < -0.39 is 17.9 Å². The Kier molecular flexibility index (Phi) is 27.8. The number of nitrogens with two attached hydrogens (primary N) is 8. The molecule has 1 aliphatic rings. The van der Waals surface area contributed by atoms with Crippen molar-refractivity contribution >= 4 is 69.4 Å². The summed E-state index contributed by atoms with van der Waals surface area (Å²) < 4.78 is 49.2. The normalized spacial score (nSPS) is 12.6. The van der Waals surface area contributed by atoms with Crippen molar-refractivity contribution < 1.29 is 61.8 Å².